The molecule has 1 atom stereocenters. The Balaban J connectivity index is 1.65. The van der Waals surface area contributed by atoms with E-state index in [1.807, 2.05) is 6.07 Å². The number of rotatable bonds is 5. The van der Waals surface area contributed by atoms with Gasteiger partial charge in [0.25, 0.3) is 5.91 Å². The Morgan fingerprint density at radius 2 is 2.04 bits per heavy atom. The number of carbonyl (C=O) groups excluding carboxylic acids is 2. The minimum atomic E-state index is -0.793. The average molecular weight is 342 g/mol. The lowest BCUT2D eigenvalue weighted by Gasteiger charge is -2.18. The van der Waals surface area contributed by atoms with Gasteiger partial charge in [-0.25, -0.2) is 4.39 Å². The highest BCUT2D eigenvalue weighted by Gasteiger charge is 2.22. The first-order chi connectivity index (χ1) is 12.0. The van der Waals surface area contributed by atoms with E-state index in [1.165, 1.54) is 18.2 Å². The van der Waals surface area contributed by atoms with Crippen molar-refractivity contribution >= 4 is 23.2 Å². The van der Waals surface area contributed by atoms with Gasteiger partial charge in [-0.05, 0) is 43.7 Å². The van der Waals surface area contributed by atoms with Gasteiger partial charge >= 0.3 is 0 Å². The van der Waals surface area contributed by atoms with E-state index in [1.54, 1.807) is 36.1 Å². The lowest BCUT2D eigenvalue weighted by atomic mass is 10.2. The summed E-state index contributed by atoms with van der Waals surface area (Å²) in [7, 11) is 0. The molecule has 2 amide bonds. The molecule has 25 heavy (non-hydrogen) atoms. The third kappa shape index (κ3) is 4.15. The molecule has 1 aliphatic rings. The molecule has 1 unspecified atom stereocenters. The fraction of sp³-hybridized carbons (Fsp3) is 0.263. The van der Waals surface area contributed by atoms with Crippen LogP contribution in [-0.4, -0.2) is 24.5 Å². The van der Waals surface area contributed by atoms with E-state index in [0.717, 1.165) is 12.1 Å². The normalized spacial score (nSPS) is 15.1. The minimum Gasteiger partial charge on any atom is -0.481 e. The number of anilines is 2. The fourth-order valence-corrected chi connectivity index (χ4v) is 2.71. The van der Waals surface area contributed by atoms with Crippen LogP contribution >= 0.6 is 0 Å². The van der Waals surface area contributed by atoms with Crippen LogP contribution in [0.3, 0.4) is 0 Å². The van der Waals surface area contributed by atoms with Gasteiger partial charge in [0, 0.05) is 30.4 Å². The summed E-state index contributed by atoms with van der Waals surface area (Å²) in [6.45, 7) is 2.28. The average Bonchev–Trinajstić information content (AvgIpc) is 3.01. The van der Waals surface area contributed by atoms with Gasteiger partial charge in [0.2, 0.25) is 5.91 Å². The van der Waals surface area contributed by atoms with Crippen molar-refractivity contribution in [2.45, 2.75) is 25.9 Å². The van der Waals surface area contributed by atoms with Crippen molar-refractivity contribution in [3.63, 3.8) is 0 Å². The second-order valence-electron chi connectivity index (χ2n) is 5.91. The first kappa shape index (κ1) is 17.0. The molecule has 0 radical (unpaired) electrons. The third-order valence-electron chi connectivity index (χ3n) is 3.98. The van der Waals surface area contributed by atoms with Crippen molar-refractivity contribution in [3.05, 3.63) is 54.3 Å². The van der Waals surface area contributed by atoms with Crippen LogP contribution in [0, 0.1) is 5.82 Å². The van der Waals surface area contributed by atoms with Gasteiger partial charge in [-0.1, -0.05) is 12.1 Å². The molecule has 130 valence electrons. The summed E-state index contributed by atoms with van der Waals surface area (Å²) in [4.78, 5) is 25.8. The van der Waals surface area contributed by atoms with Crippen LogP contribution in [0.4, 0.5) is 15.8 Å². The number of hydrogen-bond donors (Lipinski definition) is 1. The van der Waals surface area contributed by atoms with Crippen LogP contribution in [0.15, 0.2) is 48.5 Å². The van der Waals surface area contributed by atoms with Crippen molar-refractivity contribution in [1.82, 2.24) is 0 Å². The second kappa shape index (κ2) is 7.34. The summed E-state index contributed by atoms with van der Waals surface area (Å²) >= 11 is 0. The van der Waals surface area contributed by atoms with Crippen molar-refractivity contribution in [1.29, 1.82) is 0 Å². The highest BCUT2D eigenvalue weighted by atomic mass is 19.1. The lowest BCUT2D eigenvalue weighted by Crippen LogP contribution is -2.30. The van der Waals surface area contributed by atoms with Crippen molar-refractivity contribution in [2.75, 3.05) is 16.8 Å². The van der Waals surface area contributed by atoms with Crippen molar-refractivity contribution in [2.24, 2.45) is 0 Å². The molecule has 0 aromatic heterocycles. The van der Waals surface area contributed by atoms with E-state index < -0.39 is 11.9 Å². The smallest absolute Gasteiger partial charge is 0.265 e. The standard InChI is InChI=1S/C19H19FN2O3/c1-13(25-17-8-2-5-14(20)11-17)19(24)21-15-6-3-7-16(12-15)22-10-4-9-18(22)23/h2-3,5-8,11-13H,4,9-10H2,1H3,(H,21,24). The van der Waals surface area contributed by atoms with Crippen LogP contribution in [0.5, 0.6) is 5.75 Å². The monoisotopic (exact) mass is 342 g/mol. The van der Waals surface area contributed by atoms with Gasteiger partial charge < -0.3 is 15.0 Å². The third-order valence-corrected chi connectivity index (χ3v) is 3.98. The number of nitrogens with one attached hydrogen (secondary N) is 1. The Kier molecular flexibility index (Phi) is 4.97. The first-order valence-electron chi connectivity index (χ1n) is 8.16. The van der Waals surface area contributed by atoms with E-state index in [-0.39, 0.29) is 11.8 Å². The van der Waals surface area contributed by atoms with Crippen LogP contribution in [-0.2, 0) is 9.59 Å². The zero-order chi connectivity index (χ0) is 17.8. The maximum absolute atomic E-state index is 13.2. The quantitative estimate of drug-likeness (QED) is 0.906. The van der Waals surface area contributed by atoms with Crippen molar-refractivity contribution in [3.8, 4) is 5.75 Å². The van der Waals surface area contributed by atoms with E-state index in [2.05, 4.69) is 5.32 Å². The number of hydrogen-bond acceptors (Lipinski definition) is 3. The molecule has 1 fully saturated rings. The van der Waals surface area contributed by atoms with Crippen LogP contribution in [0.1, 0.15) is 19.8 Å². The molecule has 5 nitrogen and oxygen atoms in total. The Labute approximate surface area is 145 Å². The second-order valence-corrected chi connectivity index (χ2v) is 5.91. The van der Waals surface area contributed by atoms with E-state index in [4.69, 9.17) is 4.74 Å². The zero-order valence-corrected chi connectivity index (χ0v) is 13.9. The molecule has 3 rings (SSSR count). The largest absolute Gasteiger partial charge is 0.481 e. The van der Waals surface area contributed by atoms with Gasteiger partial charge in [0.05, 0.1) is 0 Å². The zero-order valence-electron chi connectivity index (χ0n) is 13.9. The van der Waals surface area contributed by atoms with E-state index >= 15 is 0 Å². The summed E-state index contributed by atoms with van der Waals surface area (Å²) in [6.07, 6.45) is 0.599. The molecule has 0 aliphatic carbocycles. The minimum absolute atomic E-state index is 0.0892. The SMILES string of the molecule is CC(Oc1cccc(F)c1)C(=O)Nc1cccc(N2CCCC2=O)c1. The number of carbonyl (C=O) groups is 2. The molecule has 0 spiro atoms. The van der Waals surface area contributed by atoms with Gasteiger partial charge in [0.1, 0.15) is 11.6 Å². The lowest BCUT2D eigenvalue weighted by molar-refractivity contribution is -0.122. The Morgan fingerprint density at radius 1 is 1.24 bits per heavy atom. The van der Waals surface area contributed by atoms with Gasteiger partial charge in [-0.2, -0.15) is 0 Å². The van der Waals surface area contributed by atoms with Crippen LogP contribution in [0.25, 0.3) is 0 Å². The highest BCUT2D eigenvalue weighted by Crippen LogP contribution is 2.24. The number of benzene rings is 2. The molecule has 1 saturated heterocycles. The Morgan fingerprint density at radius 3 is 2.76 bits per heavy atom. The van der Waals surface area contributed by atoms with E-state index in [0.29, 0.717) is 24.4 Å². The fourth-order valence-electron chi connectivity index (χ4n) is 2.71. The summed E-state index contributed by atoms with van der Waals surface area (Å²) < 4.78 is 18.6. The summed E-state index contributed by atoms with van der Waals surface area (Å²) in [5.74, 6) is -0.396. The molecule has 0 saturated carbocycles. The molecule has 1 heterocycles. The predicted octanol–water partition coefficient (Wildman–Crippen LogP) is 3.36. The summed E-state index contributed by atoms with van der Waals surface area (Å²) in [5.41, 5.74) is 1.34. The van der Waals surface area contributed by atoms with Crippen LogP contribution in [0.2, 0.25) is 0 Å². The number of amides is 2. The molecular formula is C19H19FN2O3. The number of halogens is 1. The number of nitrogens with zero attached hydrogens (tertiary/aromatic N) is 1. The highest BCUT2D eigenvalue weighted by molar-refractivity contribution is 5.97. The molecule has 1 aliphatic heterocycles. The van der Waals surface area contributed by atoms with Gasteiger partial charge in [-0.15, -0.1) is 0 Å². The molecule has 2 aromatic rings. The molecule has 0 bridgehead atoms. The number of ether oxygens (including phenoxy) is 1. The molecule has 6 heteroatoms. The topological polar surface area (TPSA) is 58.6 Å². The maximum Gasteiger partial charge on any atom is 0.265 e. The summed E-state index contributed by atoms with van der Waals surface area (Å²) in [6, 6.07) is 12.8. The molecule has 1 N–H and O–H groups in total. The van der Waals surface area contributed by atoms with Gasteiger partial charge in [0.15, 0.2) is 6.10 Å². The predicted molar refractivity (Wildman–Crippen MR) is 93.1 cm³/mol. The first-order valence-corrected chi connectivity index (χ1v) is 8.16. The Bertz CT molecular complexity index is 794. The van der Waals surface area contributed by atoms with Gasteiger partial charge in [-0.3, -0.25) is 9.59 Å². The van der Waals surface area contributed by atoms with E-state index in [9.17, 15) is 14.0 Å². The van der Waals surface area contributed by atoms with Crippen LogP contribution < -0.4 is 15.0 Å². The maximum atomic E-state index is 13.2. The summed E-state index contributed by atoms with van der Waals surface area (Å²) in [5, 5.41) is 2.76. The Hall–Kier alpha value is -2.89. The van der Waals surface area contributed by atoms with Crippen molar-refractivity contribution < 1.29 is 18.7 Å². The molecular weight excluding hydrogens is 323 g/mol. The molecule has 2 aromatic carbocycles.